The number of benzene rings is 1. The van der Waals surface area contributed by atoms with Gasteiger partial charge in [-0.1, -0.05) is 43.7 Å². The summed E-state index contributed by atoms with van der Waals surface area (Å²) in [4.78, 5) is 0. The van der Waals surface area contributed by atoms with Crippen LogP contribution in [0.2, 0.25) is 0 Å². The van der Waals surface area contributed by atoms with Crippen LogP contribution in [0.5, 0.6) is 0 Å². The van der Waals surface area contributed by atoms with Crippen LogP contribution in [0.1, 0.15) is 44.2 Å². The Bertz CT molecular complexity index is 274. The van der Waals surface area contributed by atoms with Gasteiger partial charge in [-0.3, -0.25) is 0 Å². The minimum atomic E-state index is 0.503. The minimum Gasteiger partial charge on any atom is -0.385 e. The fourth-order valence-corrected chi connectivity index (χ4v) is 2.01. The second kappa shape index (κ2) is 9.20. The molecule has 0 saturated heterocycles. The largest absolute Gasteiger partial charge is 0.385 e. The molecule has 2 heteroatoms. The van der Waals surface area contributed by atoms with E-state index in [9.17, 15) is 0 Å². The fourth-order valence-electron chi connectivity index (χ4n) is 2.01. The molecule has 0 aromatic heterocycles. The molecule has 2 nitrogen and oxygen atoms in total. The normalized spacial score (nSPS) is 12.6. The van der Waals surface area contributed by atoms with Crippen molar-refractivity contribution in [1.82, 2.24) is 5.32 Å². The lowest BCUT2D eigenvalue weighted by atomic mass is 10.0. The van der Waals surface area contributed by atoms with E-state index in [-0.39, 0.29) is 0 Å². The molecule has 0 aliphatic rings. The SMILES string of the molecule is CCCC(NCCCCOC)c1ccccc1. The third-order valence-electron chi connectivity index (χ3n) is 2.95. The minimum absolute atomic E-state index is 0.503. The second-order valence-electron chi connectivity index (χ2n) is 4.41. The van der Waals surface area contributed by atoms with E-state index in [0.29, 0.717) is 6.04 Å². The Labute approximate surface area is 105 Å². The van der Waals surface area contributed by atoms with E-state index < -0.39 is 0 Å². The summed E-state index contributed by atoms with van der Waals surface area (Å²) in [6.07, 6.45) is 4.73. The molecule has 0 radical (unpaired) electrons. The summed E-state index contributed by atoms with van der Waals surface area (Å²) in [7, 11) is 1.76. The molecule has 1 aromatic carbocycles. The first-order chi connectivity index (χ1) is 8.38. The fraction of sp³-hybridized carbons (Fsp3) is 0.600. The van der Waals surface area contributed by atoms with E-state index >= 15 is 0 Å². The lowest BCUT2D eigenvalue weighted by Gasteiger charge is -2.18. The maximum absolute atomic E-state index is 5.05. The Kier molecular flexibility index (Phi) is 7.69. The smallest absolute Gasteiger partial charge is 0.0462 e. The van der Waals surface area contributed by atoms with Crippen molar-refractivity contribution in [1.29, 1.82) is 0 Å². The number of hydrogen-bond acceptors (Lipinski definition) is 2. The van der Waals surface area contributed by atoms with Gasteiger partial charge in [0.2, 0.25) is 0 Å². The number of methoxy groups -OCH3 is 1. The summed E-state index contributed by atoms with van der Waals surface area (Å²) in [5, 5.41) is 3.64. The predicted molar refractivity (Wildman–Crippen MR) is 73.2 cm³/mol. The lowest BCUT2D eigenvalue weighted by Crippen LogP contribution is -2.22. The van der Waals surface area contributed by atoms with Crippen molar-refractivity contribution in [3.63, 3.8) is 0 Å². The van der Waals surface area contributed by atoms with Gasteiger partial charge in [0.15, 0.2) is 0 Å². The molecule has 1 unspecified atom stereocenters. The highest BCUT2D eigenvalue weighted by atomic mass is 16.5. The van der Waals surface area contributed by atoms with Gasteiger partial charge in [0.05, 0.1) is 0 Å². The number of hydrogen-bond donors (Lipinski definition) is 1. The monoisotopic (exact) mass is 235 g/mol. The first-order valence-corrected chi connectivity index (χ1v) is 6.65. The molecule has 0 aliphatic heterocycles. The lowest BCUT2D eigenvalue weighted by molar-refractivity contribution is 0.192. The highest BCUT2D eigenvalue weighted by Crippen LogP contribution is 2.17. The van der Waals surface area contributed by atoms with Gasteiger partial charge >= 0.3 is 0 Å². The van der Waals surface area contributed by atoms with E-state index in [0.717, 1.165) is 19.6 Å². The van der Waals surface area contributed by atoms with Crippen LogP contribution in [0.25, 0.3) is 0 Å². The van der Waals surface area contributed by atoms with Crippen LogP contribution in [0, 0.1) is 0 Å². The average Bonchev–Trinajstić information content (AvgIpc) is 2.38. The summed E-state index contributed by atoms with van der Waals surface area (Å²) >= 11 is 0. The van der Waals surface area contributed by atoms with Crippen molar-refractivity contribution >= 4 is 0 Å². The predicted octanol–water partition coefficient (Wildman–Crippen LogP) is 3.54. The van der Waals surface area contributed by atoms with Gasteiger partial charge < -0.3 is 10.1 Å². The topological polar surface area (TPSA) is 21.3 Å². The zero-order chi connectivity index (χ0) is 12.3. The molecule has 0 heterocycles. The summed E-state index contributed by atoms with van der Waals surface area (Å²) in [6, 6.07) is 11.2. The molecule has 17 heavy (non-hydrogen) atoms. The van der Waals surface area contributed by atoms with Crippen LogP contribution in [-0.4, -0.2) is 20.3 Å². The quantitative estimate of drug-likeness (QED) is 0.661. The van der Waals surface area contributed by atoms with Crippen molar-refractivity contribution in [3.05, 3.63) is 35.9 Å². The van der Waals surface area contributed by atoms with Crippen molar-refractivity contribution in [2.45, 2.75) is 38.6 Å². The summed E-state index contributed by atoms with van der Waals surface area (Å²) in [5.41, 5.74) is 1.40. The van der Waals surface area contributed by atoms with Crippen molar-refractivity contribution < 1.29 is 4.74 Å². The molecule has 1 atom stereocenters. The molecule has 0 saturated carbocycles. The average molecular weight is 235 g/mol. The van der Waals surface area contributed by atoms with Crippen LogP contribution in [0.3, 0.4) is 0 Å². The third kappa shape index (κ3) is 5.85. The molecule has 0 aliphatic carbocycles. The maximum Gasteiger partial charge on any atom is 0.0462 e. The standard InChI is InChI=1S/C15H25NO/c1-3-9-15(14-10-5-4-6-11-14)16-12-7-8-13-17-2/h4-6,10-11,15-16H,3,7-9,12-13H2,1-2H3. The van der Waals surface area contributed by atoms with Gasteiger partial charge in [0.1, 0.15) is 0 Å². The number of rotatable bonds is 9. The highest BCUT2D eigenvalue weighted by molar-refractivity contribution is 5.18. The summed E-state index contributed by atoms with van der Waals surface area (Å²) in [5.74, 6) is 0. The van der Waals surface area contributed by atoms with Gasteiger partial charge in [0.25, 0.3) is 0 Å². The summed E-state index contributed by atoms with van der Waals surface area (Å²) in [6.45, 7) is 4.18. The van der Waals surface area contributed by atoms with E-state index in [1.807, 2.05) is 0 Å². The van der Waals surface area contributed by atoms with Crippen LogP contribution >= 0.6 is 0 Å². The maximum atomic E-state index is 5.05. The molecular weight excluding hydrogens is 210 g/mol. The molecule has 0 fully saturated rings. The van der Waals surface area contributed by atoms with Crippen molar-refractivity contribution in [3.8, 4) is 0 Å². The molecule has 1 rings (SSSR count). The van der Waals surface area contributed by atoms with Crippen LogP contribution in [0.15, 0.2) is 30.3 Å². The molecule has 96 valence electrons. The molecule has 0 bridgehead atoms. The van der Waals surface area contributed by atoms with E-state index in [1.165, 1.54) is 24.8 Å². The van der Waals surface area contributed by atoms with Crippen LogP contribution < -0.4 is 5.32 Å². The molecule has 0 spiro atoms. The highest BCUT2D eigenvalue weighted by Gasteiger charge is 2.08. The first kappa shape index (κ1) is 14.2. The van der Waals surface area contributed by atoms with Crippen molar-refractivity contribution in [2.75, 3.05) is 20.3 Å². The van der Waals surface area contributed by atoms with Crippen LogP contribution in [-0.2, 0) is 4.74 Å². The molecule has 0 amide bonds. The Morgan fingerprint density at radius 3 is 2.59 bits per heavy atom. The molecule has 1 aromatic rings. The zero-order valence-electron chi connectivity index (χ0n) is 11.1. The summed E-state index contributed by atoms with van der Waals surface area (Å²) < 4.78 is 5.05. The van der Waals surface area contributed by atoms with Crippen LogP contribution in [0.4, 0.5) is 0 Å². The van der Waals surface area contributed by atoms with E-state index in [2.05, 4.69) is 42.6 Å². The Morgan fingerprint density at radius 1 is 1.18 bits per heavy atom. The Balaban J connectivity index is 2.33. The zero-order valence-corrected chi connectivity index (χ0v) is 11.1. The number of nitrogens with one attached hydrogen (secondary N) is 1. The second-order valence-corrected chi connectivity index (χ2v) is 4.41. The van der Waals surface area contributed by atoms with Crippen molar-refractivity contribution in [2.24, 2.45) is 0 Å². The third-order valence-corrected chi connectivity index (χ3v) is 2.95. The van der Waals surface area contributed by atoms with Gasteiger partial charge in [0, 0.05) is 19.8 Å². The Hall–Kier alpha value is -0.860. The van der Waals surface area contributed by atoms with E-state index in [1.54, 1.807) is 7.11 Å². The van der Waals surface area contributed by atoms with E-state index in [4.69, 9.17) is 4.74 Å². The molecule has 1 N–H and O–H groups in total. The van der Waals surface area contributed by atoms with Gasteiger partial charge in [-0.05, 0) is 31.4 Å². The van der Waals surface area contributed by atoms with Gasteiger partial charge in [-0.15, -0.1) is 0 Å². The van der Waals surface area contributed by atoms with Gasteiger partial charge in [-0.25, -0.2) is 0 Å². The number of unbranched alkanes of at least 4 members (excludes halogenated alkanes) is 1. The number of ether oxygens (including phenoxy) is 1. The first-order valence-electron chi connectivity index (χ1n) is 6.65. The van der Waals surface area contributed by atoms with Gasteiger partial charge in [-0.2, -0.15) is 0 Å². The Morgan fingerprint density at radius 2 is 1.94 bits per heavy atom. The molecular formula is C15H25NO.